The fraction of sp³-hybridized carbons (Fsp3) is 0.400. The Labute approximate surface area is 122 Å². The zero-order valence-corrected chi connectivity index (χ0v) is 11.6. The van der Waals surface area contributed by atoms with Crippen LogP contribution in [0.2, 0.25) is 0 Å². The van der Waals surface area contributed by atoms with Gasteiger partial charge in [-0.05, 0) is 30.9 Å². The molecule has 0 amide bonds. The van der Waals surface area contributed by atoms with Crippen molar-refractivity contribution in [2.45, 2.75) is 12.8 Å². The molecule has 1 aliphatic heterocycles. The number of rotatable bonds is 4. The summed E-state index contributed by atoms with van der Waals surface area (Å²) in [6.45, 7) is 2.00. The second-order valence-corrected chi connectivity index (χ2v) is 5.40. The summed E-state index contributed by atoms with van der Waals surface area (Å²) in [6, 6.07) is 5.07. The number of nitro groups is 1. The summed E-state index contributed by atoms with van der Waals surface area (Å²) in [7, 11) is 0. The molecule has 6 nitrogen and oxygen atoms in total. The van der Waals surface area contributed by atoms with E-state index < -0.39 is 0 Å². The van der Waals surface area contributed by atoms with Crippen LogP contribution < -0.4 is 4.90 Å². The van der Waals surface area contributed by atoms with Gasteiger partial charge in [0.05, 0.1) is 10.3 Å². The van der Waals surface area contributed by atoms with E-state index in [2.05, 4.69) is 9.88 Å². The van der Waals surface area contributed by atoms with Crippen molar-refractivity contribution < 1.29 is 10.0 Å². The molecular weight excluding hydrogens is 270 g/mol. The lowest BCUT2D eigenvalue weighted by Gasteiger charge is -2.20. The minimum absolute atomic E-state index is 0.113. The summed E-state index contributed by atoms with van der Waals surface area (Å²) >= 11 is 0. The quantitative estimate of drug-likeness (QED) is 0.689. The third-order valence-corrected chi connectivity index (χ3v) is 4.13. The third kappa shape index (κ3) is 2.54. The van der Waals surface area contributed by atoms with Gasteiger partial charge in [0.15, 0.2) is 0 Å². The number of aliphatic hydroxyl groups is 1. The van der Waals surface area contributed by atoms with Gasteiger partial charge >= 0.3 is 0 Å². The smallest absolute Gasteiger partial charge is 0.277 e. The topological polar surface area (TPSA) is 79.5 Å². The van der Waals surface area contributed by atoms with Gasteiger partial charge in [-0.1, -0.05) is 0 Å². The van der Waals surface area contributed by atoms with Crippen molar-refractivity contribution in [3.05, 3.63) is 40.7 Å². The summed E-state index contributed by atoms with van der Waals surface area (Å²) in [5, 5.41) is 21.6. The number of nitro benzene ring substituents is 1. The number of non-ortho nitro benzene ring substituents is 1. The molecular formula is C15H17N3O3. The molecule has 110 valence electrons. The number of aliphatic hydroxyl groups excluding tert-OH is 1. The van der Waals surface area contributed by atoms with Crippen LogP contribution in [0.25, 0.3) is 10.8 Å². The zero-order valence-electron chi connectivity index (χ0n) is 11.6. The Balaban J connectivity index is 2.01. The van der Waals surface area contributed by atoms with Crippen LogP contribution in [0.1, 0.15) is 12.8 Å². The van der Waals surface area contributed by atoms with Crippen molar-refractivity contribution in [2.75, 3.05) is 24.6 Å². The van der Waals surface area contributed by atoms with Crippen LogP contribution in [0.15, 0.2) is 30.6 Å². The Morgan fingerprint density at radius 2 is 2.24 bits per heavy atom. The lowest BCUT2D eigenvalue weighted by Crippen LogP contribution is -2.20. The molecule has 1 unspecified atom stereocenters. The first-order valence-corrected chi connectivity index (χ1v) is 7.07. The predicted octanol–water partition coefficient (Wildman–Crippen LogP) is 2.35. The molecule has 1 aromatic carbocycles. The molecule has 0 radical (unpaired) electrons. The van der Waals surface area contributed by atoms with Crippen molar-refractivity contribution in [1.29, 1.82) is 0 Å². The molecule has 1 saturated heterocycles. The third-order valence-electron chi connectivity index (χ3n) is 4.13. The predicted molar refractivity (Wildman–Crippen MR) is 80.4 cm³/mol. The molecule has 1 aliphatic rings. The van der Waals surface area contributed by atoms with Crippen LogP contribution in [0.3, 0.4) is 0 Å². The molecule has 3 rings (SSSR count). The fourth-order valence-electron chi connectivity index (χ4n) is 3.06. The molecule has 1 fully saturated rings. The molecule has 1 atom stereocenters. The second kappa shape index (κ2) is 5.65. The Morgan fingerprint density at radius 3 is 3.00 bits per heavy atom. The number of hydrogen-bond acceptors (Lipinski definition) is 5. The first kappa shape index (κ1) is 13.8. The summed E-state index contributed by atoms with van der Waals surface area (Å²) < 4.78 is 0. The van der Waals surface area contributed by atoms with Gasteiger partial charge in [-0.25, -0.2) is 0 Å². The van der Waals surface area contributed by atoms with Crippen LogP contribution in [-0.4, -0.2) is 34.7 Å². The van der Waals surface area contributed by atoms with Crippen LogP contribution in [0.4, 0.5) is 11.4 Å². The zero-order chi connectivity index (χ0) is 14.8. The van der Waals surface area contributed by atoms with E-state index in [1.807, 2.05) is 6.07 Å². The van der Waals surface area contributed by atoms with Gasteiger partial charge in [-0.3, -0.25) is 15.1 Å². The first-order valence-electron chi connectivity index (χ1n) is 7.07. The average molecular weight is 287 g/mol. The maximum Gasteiger partial charge on any atom is 0.277 e. The van der Waals surface area contributed by atoms with Gasteiger partial charge in [-0.2, -0.15) is 0 Å². The Kier molecular flexibility index (Phi) is 3.70. The van der Waals surface area contributed by atoms with E-state index in [-0.39, 0.29) is 17.2 Å². The van der Waals surface area contributed by atoms with Crippen molar-refractivity contribution in [3.8, 4) is 0 Å². The highest BCUT2D eigenvalue weighted by Gasteiger charge is 2.25. The van der Waals surface area contributed by atoms with Crippen LogP contribution in [0, 0.1) is 16.0 Å². The van der Waals surface area contributed by atoms with E-state index in [0.717, 1.165) is 37.0 Å². The van der Waals surface area contributed by atoms with Crippen molar-refractivity contribution in [3.63, 3.8) is 0 Å². The Bertz CT molecular complexity index is 674. The highest BCUT2D eigenvalue weighted by atomic mass is 16.6. The van der Waals surface area contributed by atoms with Gasteiger partial charge in [0.2, 0.25) is 0 Å². The monoisotopic (exact) mass is 287 g/mol. The fourth-order valence-corrected chi connectivity index (χ4v) is 3.06. The lowest BCUT2D eigenvalue weighted by molar-refractivity contribution is -0.383. The maximum atomic E-state index is 11.1. The number of nitrogens with zero attached hydrogens (tertiary/aromatic N) is 3. The SMILES string of the molecule is O=[N+]([O-])c1ccc(N2CCC(CCO)C2)c2cnccc12. The normalized spacial score (nSPS) is 18.3. The van der Waals surface area contributed by atoms with Crippen LogP contribution in [0.5, 0.6) is 0 Å². The number of fused-ring (bicyclic) bond motifs is 1. The van der Waals surface area contributed by atoms with E-state index in [1.54, 1.807) is 24.5 Å². The standard InChI is InChI=1S/C15H17N3O3/c19-8-5-11-4-7-17(10-11)14-1-2-15(18(20)21)12-3-6-16-9-13(12)14/h1-3,6,9,11,19H,4-5,7-8,10H2. The molecule has 1 N–H and O–H groups in total. The number of pyridine rings is 1. The van der Waals surface area contributed by atoms with E-state index in [9.17, 15) is 10.1 Å². The maximum absolute atomic E-state index is 11.1. The van der Waals surface area contributed by atoms with Crippen LogP contribution >= 0.6 is 0 Å². The van der Waals surface area contributed by atoms with Crippen molar-refractivity contribution >= 4 is 22.1 Å². The van der Waals surface area contributed by atoms with Crippen LogP contribution in [-0.2, 0) is 0 Å². The molecule has 6 heteroatoms. The number of aromatic nitrogens is 1. The first-order chi connectivity index (χ1) is 10.2. The van der Waals surface area contributed by atoms with E-state index in [0.29, 0.717) is 11.3 Å². The van der Waals surface area contributed by atoms with Gasteiger partial charge in [0.1, 0.15) is 0 Å². The van der Waals surface area contributed by atoms with E-state index in [1.165, 1.54) is 0 Å². The molecule has 2 heterocycles. The minimum atomic E-state index is -0.356. The summed E-state index contributed by atoms with van der Waals surface area (Å²) in [5.74, 6) is 0.483. The molecule has 2 aromatic rings. The molecule has 0 spiro atoms. The summed E-state index contributed by atoms with van der Waals surface area (Å²) in [5.41, 5.74) is 1.10. The average Bonchev–Trinajstić information content (AvgIpc) is 2.94. The highest BCUT2D eigenvalue weighted by molar-refractivity contribution is 5.99. The van der Waals surface area contributed by atoms with Gasteiger partial charge < -0.3 is 10.0 Å². The summed E-state index contributed by atoms with van der Waals surface area (Å²) in [4.78, 5) is 17.1. The summed E-state index contributed by atoms with van der Waals surface area (Å²) in [6.07, 6.45) is 5.12. The van der Waals surface area contributed by atoms with Gasteiger partial charge in [0, 0.05) is 49.2 Å². The molecule has 0 aliphatic carbocycles. The minimum Gasteiger partial charge on any atom is -0.396 e. The molecule has 0 saturated carbocycles. The second-order valence-electron chi connectivity index (χ2n) is 5.40. The van der Waals surface area contributed by atoms with E-state index >= 15 is 0 Å². The van der Waals surface area contributed by atoms with Crippen molar-refractivity contribution in [2.24, 2.45) is 5.92 Å². The van der Waals surface area contributed by atoms with Crippen molar-refractivity contribution in [1.82, 2.24) is 4.98 Å². The Hall–Kier alpha value is -2.21. The molecule has 21 heavy (non-hydrogen) atoms. The molecule has 0 bridgehead atoms. The molecule has 1 aromatic heterocycles. The van der Waals surface area contributed by atoms with Gasteiger partial charge in [-0.15, -0.1) is 0 Å². The highest BCUT2D eigenvalue weighted by Crippen LogP contribution is 2.35. The van der Waals surface area contributed by atoms with Gasteiger partial charge in [0.25, 0.3) is 5.69 Å². The number of anilines is 1. The van der Waals surface area contributed by atoms with E-state index in [4.69, 9.17) is 5.11 Å². The lowest BCUT2D eigenvalue weighted by atomic mass is 10.1. The largest absolute Gasteiger partial charge is 0.396 e. The Morgan fingerprint density at radius 1 is 1.38 bits per heavy atom. The number of hydrogen-bond donors (Lipinski definition) is 1. The number of benzene rings is 1.